The second-order valence-corrected chi connectivity index (χ2v) is 5.32. The quantitative estimate of drug-likeness (QED) is 0.762. The Morgan fingerprint density at radius 1 is 1.38 bits per heavy atom. The largest absolute Gasteiger partial charge is 0.385 e. The van der Waals surface area contributed by atoms with Crippen molar-refractivity contribution in [3.05, 3.63) is 54.6 Å². The fourth-order valence-electron chi connectivity index (χ4n) is 2.18. The summed E-state index contributed by atoms with van der Waals surface area (Å²) < 4.78 is 1.96. The van der Waals surface area contributed by atoms with E-state index in [0.717, 1.165) is 18.5 Å². The first kappa shape index (κ1) is 15.3. The molecule has 0 bridgehead atoms. The van der Waals surface area contributed by atoms with Gasteiger partial charge in [-0.1, -0.05) is 30.3 Å². The van der Waals surface area contributed by atoms with Crippen LogP contribution in [0.2, 0.25) is 0 Å². The first-order valence-electron chi connectivity index (χ1n) is 7.08. The highest BCUT2D eigenvalue weighted by Crippen LogP contribution is 2.23. The summed E-state index contributed by atoms with van der Waals surface area (Å²) in [6, 6.07) is 9.24. The lowest BCUT2D eigenvalue weighted by Crippen LogP contribution is -2.33. The molecule has 0 saturated carbocycles. The Morgan fingerprint density at radius 3 is 2.81 bits per heavy atom. The lowest BCUT2D eigenvalue weighted by atomic mass is 9.92. The molecule has 21 heavy (non-hydrogen) atoms. The summed E-state index contributed by atoms with van der Waals surface area (Å²) in [4.78, 5) is 15.9. The highest BCUT2D eigenvalue weighted by molar-refractivity contribution is 5.77. The number of nitrogens with one attached hydrogen (secondary N) is 1. The van der Waals surface area contributed by atoms with E-state index in [1.165, 1.54) is 0 Å². The Hall–Kier alpha value is -2.14. The summed E-state index contributed by atoms with van der Waals surface area (Å²) in [5, 5.41) is 13.2. The number of benzene rings is 1. The molecule has 0 saturated heterocycles. The van der Waals surface area contributed by atoms with Gasteiger partial charge in [0.1, 0.15) is 0 Å². The number of aromatic nitrogens is 2. The average Bonchev–Trinajstić information content (AvgIpc) is 2.97. The highest BCUT2D eigenvalue weighted by atomic mass is 16.3. The monoisotopic (exact) mass is 287 g/mol. The molecular weight excluding hydrogens is 266 g/mol. The summed E-state index contributed by atoms with van der Waals surface area (Å²) in [5.41, 5.74) is -0.394. The molecule has 0 fully saturated rings. The number of amides is 1. The van der Waals surface area contributed by atoms with E-state index >= 15 is 0 Å². The van der Waals surface area contributed by atoms with Crippen molar-refractivity contribution in [3.63, 3.8) is 0 Å². The Bertz CT molecular complexity index is 550. The van der Waals surface area contributed by atoms with Crippen LogP contribution in [0.5, 0.6) is 0 Å². The Morgan fingerprint density at radius 2 is 2.14 bits per heavy atom. The molecule has 2 N–H and O–H groups in total. The molecule has 0 radical (unpaired) electrons. The molecule has 1 atom stereocenters. The first-order chi connectivity index (χ1) is 10.1. The van der Waals surface area contributed by atoms with Crippen LogP contribution in [-0.4, -0.2) is 27.1 Å². The summed E-state index contributed by atoms with van der Waals surface area (Å²) in [5.74, 6) is -0.144. The standard InChI is InChI=1S/C16H21N3O2/c1-16(21,14-6-3-2-4-7-14)12-15(20)18-8-5-10-19-11-9-17-13-19/h2-4,6-7,9,11,13,21H,5,8,10,12H2,1H3,(H,18,20). The lowest BCUT2D eigenvalue weighted by molar-refractivity contribution is -0.125. The van der Waals surface area contributed by atoms with Gasteiger partial charge in [0.25, 0.3) is 0 Å². The van der Waals surface area contributed by atoms with Gasteiger partial charge < -0.3 is 15.0 Å². The molecule has 1 heterocycles. The number of imidazole rings is 1. The van der Waals surface area contributed by atoms with E-state index in [9.17, 15) is 9.90 Å². The van der Waals surface area contributed by atoms with Crippen LogP contribution in [0.4, 0.5) is 0 Å². The molecule has 2 aromatic rings. The van der Waals surface area contributed by atoms with Crippen molar-refractivity contribution in [1.82, 2.24) is 14.9 Å². The van der Waals surface area contributed by atoms with Crippen LogP contribution in [0.25, 0.3) is 0 Å². The molecule has 1 aromatic carbocycles. The van der Waals surface area contributed by atoms with Gasteiger partial charge in [-0.2, -0.15) is 0 Å². The topological polar surface area (TPSA) is 67.2 Å². The molecule has 112 valence electrons. The Labute approximate surface area is 124 Å². The van der Waals surface area contributed by atoms with Crippen LogP contribution in [0.3, 0.4) is 0 Å². The molecule has 0 aliphatic rings. The van der Waals surface area contributed by atoms with Crippen molar-refractivity contribution in [2.24, 2.45) is 0 Å². The van der Waals surface area contributed by atoms with Gasteiger partial charge in [-0.05, 0) is 18.9 Å². The van der Waals surface area contributed by atoms with Gasteiger partial charge in [-0.25, -0.2) is 4.98 Å². The molecule has 1 amide bonds. The molecule has 1 aromatic heterocycles. The van der Waals surface area contributed by atoms with Crippen molar-refractivity contribution in [2.75, 3.05) is 6.54 Å². The minimum absolute atomic E-state index is 0.0576. The van der Waals surface area contributed by atoms with E-state index in [0.29, 0.717) is 6.54 Å². The van der Waals surface area contributed by atoms with Crippen LogP contribution in [0.15, 0.2) is 49.1 Å². The van der Waals surface area contributed by atoms with Crippen molar-refractivity contribution in [2.45, 2.75) is 31.9 Å². The number of nitrogens with zero attached hydrogens (tertiary/aromatic N) is 2. The molecule has 5 nitrogen and oxygen atoms in total. The zero-order chi connectivity index (χ0) is 15.1. The zero-order valence-electron chi connectivity index (χ0n) is 12.2. The number of carbonyl (C=O) groups is 1. The van der Waals surface area contributed by atoms with Gasteiger partial charge >= 0.3 is 0 Å². The van der Waals surface area contributed by atoms with Gasteiger partial charge in [-0.15, -0.1) is 0 Å². The highest BCUT2D eigenvalue weighted by Gasteiger charge is 2.26. The third kappa shape index (κ3) is 4.72. The van der Waals surface area contributed by atoms with Crippen molar-refractivity contribution in [1.29, 1.82) is 0 Å². The summed E-state index contributed by atoms with van der Waals surface area (Å²) in [7, 11) is 0. The molecule has 5 heteroatoms. The second kappa shape index (κ2) is 7.04. The zero-order valence-corrected chi connectivity index (χ0v) is 12.2. The molecule has 0 aliphatic carbocycles. The summed E-state index contributed by atoms with van der Waals surface area (Å²) >= 11 is 0. The first-order valence-corrected chi connectivity index (χ1v) is 7.08. The predicted molar refractivity (Wildman–Crippen MR) is 80.5 cm³/mol. The third-order valence-corrected chi connectivity index (χ3v) is 3.37. The van der Waals surface area contributed by atoms with Gasteiger partial charge in [0.05, 0.1) is 18.3 Å². The number of rotatable bonds is 7. The number of aryl methyl sites for hydroxylation is 1. The van der Waals surface area contributed by atoms with Crippen LogP contribution in [0.1, 0.15) is 25.3 Å². The number of carbonyl (C=O) groups excluding carboxylic acids is 1. The Kier molecular flexibility index (Phi) is 5.11. The average molecular weight is 287 g/mol. The van der Waals surface area contributed by atoms with E-state index < -0.39 is 5.60 Å². The SMILES string of the molecule is CC(O)(CC(=O)NCCCn1ccnc1)c1ccccc1. The lowest BCUT2D eigenvalue weighted by Gasteiger charge is -2.23. The van der Waals surface area contributed by atoms with Crippen LogP contribution < -0.4 is 5.32 Å². The van der Waals surface area contributed by atoms with E-state index in [2.05, 4.69) is 10.3 Å². The third-order valence-electron chi connectivity index (χ3n) is 3.37. The predicted octanol–water partition coefficient (Wildman–Crippen LogP) is 1.69. The number of aliphatic hydroxyl groups is 1. The normalized spacial score (nSPS) is 13.6. The maximum absolute atomic E-state index is 11.9. The van der Waals surface area contributed by atoms with Gasteiger partial charge in [0, 0.05) is 25.5 Å². The van der Waals surface area contributed by atoms with E-state index in [1.54, 1.807) is 19.4 Å². The molecule has 1 unspecified atom stereocenters. The second-order valence-electron chi connectivity index (χ2n) is 5.32. The van der Waals surface area contributed by atoms with Crippen molar-refractivity contribution < 1.29 is 9.90 Å². The maximum atomic E-state index is 11.9. The molecule has 0 aliphatic heterocycles. The van der Waals surface area contributed by atoms with Crippen molar-refractivity contribution >= 4 is 5.91 Å². The number of hydrogen-bond donors (Lipinski definition) is 2. The van der Waals surface area contributed by atoms with E-state index in [-0.39, 0.29) is 12.3 Å². The van der Waals surface area contributed by atoms with Gasteiger partial charge in [0.15, 0.2) is 0 Å². The van der Waals surface area contributed by atoms with E-state index in [4.69, 9.17) is 0 Å². The van der Waals surface area contributed by atoms with Crippen LogP contribution in [0, 0.1) is 0 Å². The van der Waals surface area contributed by atoms with Gasteiger partial charge in [0.2, 0.25) is 5.91 Å². The van der Waals surface area contributed by atoms with Crippen LogP contribution in [-0.2, 0) is 16.9 Å². The van der Waals surface area contributed by atoms with Crippen LogP contribution >= 0.6 is 0 Å². The molecular formula is C16H21N3O2. The Balaban J connectivity index is 1.74. The van der Waals surface area contributed by atoms with Crippen molar-refractivity contribution in [3.8, 4) is 0 Å². The fraction of sp³-hybridized carbons (Fsp3) is 0.375. The van der Waals surface area contributed by atoms with Gasteiger partial charge in [-0.3, -0.25) is 4.79 Å². The summed E-state index contributed by atoms with van der Waals surface area (Å²) in [6.07, 6.45) is 6.26. The molecule has 2 rings (SSSR count). The fourth-order valence-corrected chi connectivity index (χ4v) is 2.18. The minimum atomic E-state index is -1.14. The molecule has 0 spiro atoms. The minimum Gasteiger partial charge on any atom is -0.385 e. The maximum Gasteiger partial charge on any atom is 0.223 e. The summed E-state index contributed by atoms with van der Waals surface area (Å²) in [6.45, 7) is 3.06. The van der Waals surface area contributed by atoms with E-state index in [1.807, 2.05) is 41.1 Å². The smallest absolute Gasteiger partial charge is 0.223 e. The number of hydrogen-bond acceptors (Lipinski definition) is 3.